The van der Waals surface area contributed by atoms with Crippen LogP contribution in [0.25, 0.3) is 0 Å². The number of aliphatic hydroxyl groups is 2. The fraction of sp³-hybridized carbons (Fsp3) is 0.897. The van der Waals surface area contributed by atoms with E-state index in [-0.39, 0.29) is 57.6 Å². The molecule has 5 nitrogen and oxygen atoms in total. The van der Waals surface area contributed by atoms with E-state index in [0.29, 0.717) is 18.3 Å². The van der Waals surface area contributed by atoms with Gasteiger partial charge in [-0.2, -0.15) is 0 Å². The summed E-state index contributed by atoms with van der Waals surface area (Å²) in [6, 6.07) is 0. The topological polar surface area (TPSA) is 79.3 Å². The number of ether oxygens (including phenoxy) is 2. The highest BCUT2D eigenvalue weighted by molar-refractivity contribution is 5.82. The molecule has 188 valence electrons. The quantitative estimate of drug-likeness (QED) is 0.314. The van der Waals surface area contributed by atoms with Crippen molar-refractivity contribution in [1.29, 1.82) is 0 Å². The molecule has 7 fully saturated rings. The standard InChI is InChI=1S/C29H42O5/c1-14-7-10-28-12-11-27(6)26(5)9-8-17-16(3)19(31)18(30)13-25(17,4)22(26)20-23(33-20)29(27,34-24(28)32)21(28)15(14)2/h14-15,17-23,30-31H,3,7-13H2,1-2,4-6H3/t14-,15+,17+,18-,19-,20+,21-,22+,23+,25+,26-,27+,28+,29-/m1/s1. The number of hydrogen-bond donors (Lipinski definition) is 2. The number of fused-ring (bicyclic) bond motifs is 6. The van der Waals surface area contributed by atoms with Gasteiger partial charge in [-0.15, -0.1) is 0 Å². The third-order valence-electron chi connectivity index (χ3n) is 13.7. The highest BCUT2D eigenvalue weighted by Crippen LogP contribution is 2.83. The molecule has 2 N–H and O–H groups in total. The zero-order chi connectivity index (χ0) is 24.2. The minimum Gasteiger partial charge on any atom is -0.455 e. The van der Waals surface area contributed by atoms with Crippen LogP contribution >= 0.6 is 0 Å². The molecule has 0 amide bonds. The summed E-state index contributed by atoms with van der Waals surface area (Å²) in [5, 5.41) is 21.5. The molecule has 34 heavy (non-hydrogen) atoms. The SMILES string of the molecule is C=C1[C@@H](O)[C@H](O)C[C@@]2(C)[C@H]1CC[C@]1(C)[C@H]2[C@@H]2O[C@@H]2[C@]23OC(=O)[C@@]4(CC[C@@H](C)[C@H](C)[C@H]42)CC[C@]31C. The van der Waals surface area contributed by atoms with Crippen molar-refractivity contribution in [3.05, 3.63) is 12.2 Å². The Labute approximate surface area is 203 Å². The molecule has 7 rings (SSSR count). The van der Waals surface area contributed by atoms with Gasteiger partial charge in [-0.1, -0.05) is 41.2 Å². The van der Waals surface area contributed by atoms with Crippen LogP contribution in [-0.4, -0.2) is 46.2 Å². The summed E-state index contributed by atoms with van der Waals surface area (Å²) in [7, 11) is 0. The van der Waals surface area contributed by atoms with Crippen molar-refractivity contribution in [1.82, 2.24) is 0 Å². The first kappa shape index (κ1) is 22.3. The normalized spacial score (nSPS) is 65.8. The second-order valence-electron chi connectivity index (χ2n) is 14.3. The maximum Gasteiger partial charge on any atom is 0.313 e. The molecule has 0 aromatic rings. The molecule has 1 spiro atoms. The number of rotatable bonds is 0. The van der Waals surface area contributed by atoms with E-state index in [0.717, 1.165) is 44.1 Å². The smallest absolute Gasteiger partial charge is 0.313 e. The van der Waals surface area contributed by atoms with E-state index in [1.165, 1.54) is 0 Å². The second-order valence-corrected chi connectivity index (χ2v) is 14.3. The van der Waals surface area contributed by atoms with Crippen LogP contribution < -0.4 is 0 Å². The van der Waals surface area contributed by atoms with Gasteiger partial charge in [0, 0.05) is 11.3 Å². The van der Waals surface area contributed by atoms with E-state index in [1.807, 2.05) is 0 Å². The largest absolute Gasteiger partial charge is 0.455 e. The number of epoxide rings is 1. The Kier molecular flexibility index (Phi) is 4.03. The minimum absolute atomic E-state index is 0.0484. The first-order chi connectivity index (χ1) is 15.9. The van der Waals surface area contributed by atoms with Crippen molar-refractivity contribution in [2.24, 2.45) is 51.2 Å². The molecule has 14 atom stereocenters. The highest BCUT2D eigenvalue weighted by Gasteiger charge is 2.89. The molecule has 0 aromatic carbocycles. The maximum absolute atomic E-state index is 13.7. The van der Waals surface area contributed by atoms with Crippen molar-refractivity contribution in [3.8, 4) is 0 Å². The van der Waals surface area contributed by atoms with Gasteiger partial charge in [0.1, 0.15) is 12.2 Å². The lowest BCUT2D eigenvalue weighted by atomic mass is 9.31. The summed E-state index contributed by atoms with van der Waals surface area (Å²) in [5.74, 6) is 1.74. The van der Waals surface area contributed by atoms with Gasteiger partial charge in [0.15, 0.2) is 5.60 Å². The Bertz CT molecular complexity index is 993. The minimum atomic E-state index is -0.834. The van der Waals surface area contributed by atoms with E-state index in [9.17, 15) is 15.0 Å². The summed E-state index contributed by atoms with van der Waals surface area (Å²) in [4.78, 5) is 13.7. The maximum atomic E-state index is 13.7. The van der Waals surface area contributed by atoms with Crippen LogP contribution in [0.3, 0.4) is 0 Å². The van der Waals surface area contributed by atoms with Crippen LogP contribution in [0.5, 0.6) is 0 Å². The summed E-state index contributed by atoms with van der Waals surface area (Å²) in [6.45, 7) is 16.2. The Hall–Kier alpha value is -0.910. The Balaban J connectivity index is 1.40. The summed E-state index contributed by atoms with van der Waals surface area (Å²) >= 11 is 0. The van der Waals surface area contributed by atoms with Crippen molar-refractivity contribution < 1.29 is 24.5 Å². The van der Waals surface area contributed by atoms with Crippen LogP contribution in [0.4, 0.5) is 0 Å². The van der Waals surface area contributed by atoms with Crippen LogP contribution in [0.1, 0.15) is 79.6 Å². The van der Waals surface area contributed by atoms with Crippen molar-refractivity contribution in [2.45, 2.75) is 110 Å². The van der Waals surface area contributed by atoms with Crippen LogP contribution in [0, 0.1) is 51.2 Å². The van der Waals surface area contributed by atoms with Gasteiger partial charge in [-0.25, -0.2) is 0 Å². The second kappa shape index (κ2) is 6.14. The molecular weight excluding hydrogens is 428 g/mol. The lowest BCUT2D eigenvalue weighted by molar-refractivity contribution is -0.266. The lowest BCUT2D eigenvalue weighted by Gasteiger charge is -2.71. The number of hydrogen-bond acceptors (Lipinski definition) is 5. The Morgan fingerprint density at radius 3 is 2.47 bits per heavy atom. The van der Waals surface area contributed by atoms with Gasteiger partial charge in [-0.3, -0.25) is 4.79 Å². The molecule has 2 aliphatic heterocycles. The number of carbonyl (C=O) groups excluding carboxylic acids is 1. The number of carbonyl (C=O) groups is 1. The van der Waals surface area contributed by atoms with Gasteiger partial charge >= 0.3 is 5.97 Å². The van der Waals surface area contributed by atoms with Gasteiger partial charge in [0.25, 0.3) is 0 Å². The van der Waals surface area contributed by atoms with Crippen molar-refractivity contribution in [2.75, 3.05) is 0 Å². The average Bonchev–Trinajstić information content (AvgIpc) is 3.52. The first-order valence-electron chi connectivity index (χ1n) is 13.8. The molecule has 0 unspecified atom stereocenters. The number of esters is 1. The fourth-order valence-corrected chi connectivity index (χ4v) is 11.7. The molecule has 5 aliphatic carbocycles. The van der Waals surface area contributed by atoms with Crippen molar-refractivity contribution >= 4 is 5.97 Å². The lowest BCUT2D eigenvalue weighted by Crippen LogP contribution is -2.75. The van der Waals surface area contributed by atoms with Crippen LogP contribution in [0.15, 0.2) is 12.2 Å². The molecule has 2 saturated heterocycles. The van der Waals surface area contributed by atoms with E-state index in [2.05, 4.69) is 41.2 Å². The Morgan fingerprint density at radius 1 is 1.00 bits per heavy atom. The van der Waals surface area contributed by atoms with Crippen LogP contribution in [-0.2, 0) is 14.3 Å². The van der Waals surface area contributed by atoms with E-state index in [1.54, 1.807) is 0 Å². The van der Waals surface area contributed by atoms with Gasteiger partial charge in [0.2, 0.25) is 0 Å². The van der Waals surface area contributed by atoms with E-state index >= 15 is 0 Å². The Morgan fingerprint density at radius 2 is 1.74 bits per heavy atom. The van der Waals surface area contributed by atoms with Gasteiger partial charge < -0.3 is 19.7 Å². The first-order valence-corrected chi connectivity index (χ1v) is 13.8. The predicted octanol–water partition coefficient (Wildman–Crippen LogP) is 4.25. The van der Waals surface area contributed by atoms with Gasteiger partial charge in [0.05, 0.1) is 17.6 Å². The van der Waals surface area contributed by atoms with Gasteiger partial charge in [-0.05, 0) is 85.0 Å². The monoisotopic (exact) mass is 470 g/mol. The zero-order valence-electron chi connectivity index (χ0n) is 21.5. The molecule has 5 saturated carbocycles. The van der Waals surface area contributed by atoms with E-state index in [4.69, 9.17) is 9.47 Å². The number of aliphatic hydroxyl groups excluding tert-OH is 2. The zero-order valence-corrected chi connectivity index (χ0v) is 21.5. The molecule has 2 bridgehead atoms. The molecule has 0 aromatic heterocycles. The molecule has 5 heteroatoms. The fourth-order valence-electron chi connectivity index (χ4n) is 11.7. The third kappa shape index (κ3) is 2.02. The summed E-state index contributed by atoms with van der Waals surface area (Å²) in [5.41, 5.74) is -0.504. The third-order valence-corrected chi connectivity index (χ3v) is 13.7. The molecule has 7 aliphatic rings. The molecule has 2 heterocycles. The van der Waals surface area contributed by atoms with E-state index < -0.39 is 17.8 Å². The van der Waals surface area contributed by atoms with Crippen LogP contribution in [0.2, 0.25) is 0 Å². The molecule has 0 radical (unpaired) electrons. The van der Waals surface area contributed by atoms with Crippen molar-refractivity contribution in [3.63, 3.8) is 0 Å². The highest BCUT2D eigenvalue weighted by atomic mass is 16.6. The predicted molar refractivity (Wildman–Crippen MR) is 127 cm³/mol. The summed E-state index contributed by atoms with van der Waals surface area (Å²) < 4.78 is 13.5. The summed E-state index contributed by atoms with van der Waals surface area (Å²) in [6.07, 6.45) is 4.95. The molecular formula is C29H42O5. The average molecular weight is 471 g/mol.